The molecule has 2 N–H and O–H groups in total. The van der Waals surface area contributed by atoms with Gasteiger partial charge in [-0.25, -0.2) is 0 Å². The van der Waals surface area contributed by atoms with Gasteiger partial charge in [-0.2, -0.15) is 11.8 Å². The van der Waals surface area contributed by atoms with E-state index in [4.69, 9.17) is 0 Å². The van der Waals surface area contributed by atoms with E-state index < -0.39 is 0 Å². The monoisotopic (exact) mass is 274 g/mol. The quantitative estimate of drug-likeness (QED) is 0.569. The number of amides is 1. The first kappa shape index (κ1) is 17.8. The maximum absolute atomic E-state index is 11.8. The topological polar surface area (TPSA) is 41.1 Å². The molecule has 0 bridgehead atoms. The van der Waals surface area contributed by atoms with Crippen LogP contribution in [0.5, 0.6) is 0 Å². The van der Waals surface area contributed by atoms with E-state index in [-0.39, 0.29) is 18.0 Å². The summed E-state index contributed by atoms with van der Waals surface area (Å²) >= 11 is 1.90. The van der Waals surface area contributed by atoms with Gasteiger partial charge in [-0.1, -0.05) is 19.8 Å². The summed E-state index contributed by atoms with van der Waals surface area (Å²) in [6.07, 6.45) is 7.97. The number of rotatable bonds is 11. The molecule has 0 aliphatic carbocycles. The number of hydrogen-bond acceptors (Lipinski definition) is 3. The first-order chi connectivity index (χ1) is 8.61. The summed E-state index contributed by atoms with van der Waals surface area (Å²) in [4.78, 5) is 11.8. The van der Waals surface area contributed by atoms with Crippen LogP contribution in [0.4, 0.5) is 0 Å². The van der Waals surface area contributed by atoms with E-state index in [1.54, 1.807) is 0 Å². The second-order valence-electron chi connectivity index (χ2n) is 4.93. The fraction of sp³-hybridized carbons (Fsp3) is 0.929. The summed E-state index contributed by atoms with van der Waals surface area (Å²) in [5, 5.41) is 6.32. The molecular formula is C14H30N2OS. The zero-order valence-corrected chi connectivity index (χ0v) is 13.2. The predicted molar refractivity (Wildman–Crippen MR) is 82.2 cm³/mol. The van der Waals surface area contributed by atoms with Crippen molar-refractivity contribution in [3.63, 3.8) is 0 Å². The molecule has 1 amide bonds. The largest absolute Gasteiger partial charge is 0.352 e. The van der Waals surface area contributed by atoms with Gasteiger partial charge < -0.3 is 10.6 Å². The van der Waals surface area contributed by atoms with Crippen LogP contribution < -0.4 is 10.6 Å². The Morgan fingerprint density at radius 3 is 2.56 bits per heavy atom. The highest BCUT2D eigenvalue weighted by Crippen LogP contribution is 2.01. The highest BCUT2D eigenvalue weighted by atomic mass is 32.2. The van der Waals surface area contributed by atoms with Gasteiger partial charge in [0, 0.05) is 6.04 Å². The number of hydrogen-bond donors (Lipinski definition) is 2. The average molecular weight is 274 g/mol. The van der Waals surface area contributed by atoms with Crippen molar-refractivity contribution in [3.05, 3.63) is 0 Å². The van der Waals surface area contributed by atoms with Crippen LogP contribution in [0, 0.1) is 0 Å². The Morgan fingerprint density at radius 1 is 1.22 bits per heavy atom. The van der Waals surface area contributed by atoms with Crippen LogP contribution in [-0.4, -0.2) is 36.5 Å². The summed E-state index contributed by atoms with van der Waals surface area (Å²) < 4.78 is 0. The molecule has 0 aromatic carbocycles. The minimum absolute atomic E-state index is 0.0788. The Balaban J connectivity index is 3.55. The minimum atomic E-state index is -0.0788. The molecule has 0 aromatic heterocycles. The van der Waals surface area contributed by atoms with E-state index in [1.165, 1.54) is 18.6 Å². The third kappa shape index (κ3) is 9.77. The number of thioether (sulfide) groups is 1. The molecule has 4 heteroatoms. The number of unbranched alkanes of at least 4 members (excludes halogenated alkanes) is 2. The van der Waals surface area contributed by atoms with Crippen molar-refractivity contribution in [1.82, 2.24) is 10.6 Å². The molecule has 3 nitrogen and oxygen atoms in total. The van der Waals surface area contributed by atoms with Gasteiger partial charge in [0.15, 0.2) is 0 Å². The van der Waals surface area contributed by atoms with E-state index in [1.807, 2.05) is 18.7 Å². The minimum Gasteiger partial charge on any atom is -0.352 e. The first-order valence-corrected chi connectivity index (χ1v) is 8.53. The van der Waals surface area contributed by atoms with E-state index >= 15 is 0 Å². The Labute approximate surface area is 117 Å². The Morgan fingerprint density at radius 2 is 1.94 bits per heavy atom. The van der Waals surface area contributed by atoms with Crippen molar-refractivity contribution in [2.75, 3.05) is 18.6 Å². The third-order valence-corrected chi connectivity index (χ3v) is 3.68. The summed E-state index contributed by atoms with van der Waals surface area (Å²) in [6, 6.07) is 0.207. The van der Waals surface area contributed by atoms with Crippen LogP contribution in [-0.2, 0) is 4.79 Å². The van der Waals surface area contributed by atoms with Crippen molar-refractivity contribution in [3.8, 4) is 0 Å². The second-order valence-corrected chi connectivity index (χ2v) is 5.91. The molecule has 108 valence electrons. The lowest BCUT2D eigenvalue weighted by atomic mass is 10.2. The van der Waals surface area contributed by atoms with Crippen molar-refractivity contribution >= 4 is 17.7 Å². The first-order valence-electron chi connectivity index (χ1n) is 7.14. The molecule has 18 heavy (non-hydrogen) atoms. The zero-order valence-electron chi connectivity index (χ0n) is 12.4. The highest BCUT2D eigenvalue weighted by molar-refractivity contribution is 7.98. The molecule has 0 spiro atoms. The molecule has 0 fully saturated rings. The van der Waals surface area contributed by atoms with Gasteiger partial charge in [-0.05, 0) is 51.7 Å². The van der Waals surface area contributed by atoms with Gasteiger partial charge in [0.05, 0.1) is 6.04 Å². The lowest BCUT2D eigenvalue weighted by Gasteiger charge is -2.18. The van der Waals surface area contributed by atoms with Crippen molar-refractivity contribution in [2.24, 2.45) is 0 Å². The molecule has 2 unspecified atom stereocenters. The molecule has 0 aromatic rings. The smallest absolute Gasteiger partial charge is 0.237 e. The third-order valence-electron chi connectivity index (χ3n) is 2.98. The van der Waals surface area contributed by atoms with Crippen LogP contribution >= 0.6 is 11.8 Å². The Hall–Kier alpha value is -0.220. The second kappa shape index (κ2) is 11.8. The van der Waals surface area contributed by atoms with Gasteiger partial charge in [0.2, 0.25) is 5.91 Å². The molecule has 0 aliphatic rings. The van der Waals surface area contributed by atoms with Gasteiger partial charge in [0.25, 0.3) is 0 Å². The van der Waals surface area contributed by atoms with Gasteiger partial charge in [0.1, 0.15) is 0 Å². The van der Waals surface area contributed by atoms with E-state index in [0.717, 1.165) is 25.8 Å². The molecule has 0 saturated carbocycles. The van der Waals surface area contributed by atoms with Crippen molar-refractivity contribution in [2.45, 2.75) is 65.0 Å². The predicted octanol–water partition coefficient (Wildman–Crippen LogP) is 2.80. The SMILES string of the molecule is CCCC(C)NC(=O)C(C)NCCCCCSC. The van der Waals surface area contributed by atoms with Crippen LogP contribution in [0.3, 0.4) is 0 Å². The van der Waals surface area contributed by atoms with Gasteiger partial charge in [-0.3, -0.25) is 4.79 Å². The molecule has 0 aliphatic heterocycles. The normalized spacial score (nSPS) is 14.2. The Bertz CT molecular complexity index is 212. The number of carbonyl (C=O) groups excluding carboxylic acids is 1. The highest BCUT2D eigenvalue weighted by Gasteiger charge is 2.13. The van der Waals surface area contributed by atoms with Crippen LogP contribution in [0.25, 0.3) is 0 Å². The summed E-state index contributed by atoms with van der Waals surface area (Å²) in [7, 11) is 0. The van der Waals surface area contributed by atoms with E-state index in [2.05, 4.69) is 30.7 Å². The van der Waals surface area contributed by atoms with E-state index in [0.29, 0.717) is 0 Å². The van der Waals surface area contributed by atoms with Gasteiger partial charge >= 0.3 is 0 Å². The maximum Gasteiger partial charge on any atom is 0.237 e. The van der Waals surface area contributed by atoms with Crippen LogP contribution in [0.2, 0.25) is 0 Å². The lowest BCUT2D eigenvalue weighted by molar-refractivity contribution is -0.123. The maximum atomic E-state index is 11.8. The summed E-state index contributed by atoms with van der Waals surface area (Å²) in [5.41, 5.74) is 0. The lowest BCUT2D eigenvalue weighted by Crippen LogP contribution is -2.45. The molecule has 0 heterocycles. The van der Waals surface area contributed by atoms with Crippen molar-refractivity contribution < 1.29 is 4.79 Å². The fourth-order valence-corrected chi connectivity index (χ4v) is 2.33. The molecular weight excluding hydrogens is 244 g/mol. The standard InChI is InChI=1S/C14H30N2OS/c1-5-9-12(2)16-14(17)13(3)15-10-7-6-8-11-18-4/h12-13,15H,5-11H2,1-4H3,(H,16,17). The number of carbonyl (C=O) groups is 1. The average Bonchev–Trinajstić information content (AvgIpc) is 2.33. The van der Waals surface area contributed by atoms with Crippen LogP contribution in [0.15, 0.2) is 0 Å². The molecule has 0 rings (SSSR count). The number of nitrogens with one attached hydrogen (secondary N) is 2. The Kier molecular flexibility index (Phi) is 11.7. The molecule has 0 radical (unpaired) electrons. The van der Waals surface area contributed by atoms with Crippen molar-refractivity contribution in [1.29, 1.82) is 0 Å². The summed E-state index contributed by atoms with van der Waals surface area (Å²) in [6.45, 7) is 7.08. The zero-order chi connectivity index (χ0) is 13.8. The molecule has 0 saturated heterocycles. The van der Waals surface area contributed by atoms with Gasteiger partial charge in [-0.15, -0.1) is 0 Å². The summed E-state index contributed by atoms with van der Waals surface area (Å²) in [5.74, 6) is 1.37. The fourth-order valence-electron chi connectivity index (χ4n) is 1.83. The molecule has 2 atom stereocenters. The van der Waals surface area contributed by atoms with E-state index in [9.17, 15) is 4.79 Å². The van der Waals surface area contributed by atoms with Crippen LogP contribution in [0.1, 0.15) is 52.9 Å².